The second-order valence-corrected chi connectivity index (χ2v) is 4.20. The molecule has 1 aliphatic rings. The summed E-state index contributed by atoms with van der Waals surface area (Å²) in [4.78, 5) is 0. The summed E-state index contributed by atoms with van der Waals surface area (Å²) in [5.74, 6) is 0. The first-order valence-electron chi connectivity index (χ1n) is 4.49. The summed E-state index contributed by atoms with van der Waals surface area (Å²) < 4.78 is 1.20. The van der Waals surface area contributed by atoms with E-state index in [0.29, 0.717) is 0 Å². The molecule has 0 radical (unpaired) electrons. The van der Waals surface area contributed by atoms with E-state index in [4.69, 9.17) is 0 Å². The minimum absolute atomic E-state index is 1.07. The number of anilines is 1. The Morgan fingerprint density at radius 1 is 1.31 bits per heavy atom. The second-order valence-electron chi connectivity index (χ2n) is 3.35. The van der Waals surface area contributed by atoms with Crippen molar-refractivity contribution in [1.82, 2.24) is 0 Å². The van der Waals surface area contributed by atoms with E-state index >= 15 is 0 Å². The molecule has 0 atom stereocenters. The summed E-state index contributed by atoms with van der Waals surface area (Å²) in [5.41, 5.74) is 3.70. The van der Waals surface area contributed by atoms with Gasteiger partial charge in [-0.15, -0.1) is 0 Å². The predicted octanol–water partition coefficient (Wildman–Crippen LogP) is 3.71. The van der Waals surface area contributed by atoms with E-state index < -0.39 is 0 Å². The lowest BCUT2D eigenvalue weighted by molar-refractivity contribution is 0.834. The van der Waals surface area contributed by atoms with Gasteiger partial charge in [-0.2, -0.15) is 0 Å². The van der Waals surface area contributed by atoms with E-state index in [1.54, 1.807) is 0 Å². The van der Waals surface area contributed by atoms with Gasteiger partial charge in [0, 0.05) is 15.9 Å². The highest BCUT2D eigenvalue weighted by atomic mass is 79.9. The number of halogens is 1. The molecule has 68 valence electrons. The molecule has 1 aromatic rings. The smallest absolute Gasteiger partial charge is 0.0425 e. The molecule has 2 heteroatoms. The average molecular weight is 238 g/mol. The van der Waals surface area contributed by atoms with Crippen LogP contribution in [-0.2, 0) is 6.42 Å². The first-order valence-corrected chi connectivity index (χ1v) is 5.29. The third kappa shape index (κ3) is 1.78. The second kappa shape index (κ2) is 3.54. The van der Waals surface area contributed by atoms with Gasteiger partial charge < -0.3 is 5.32 Å². The van der Waals surface area contributed by atoms with Crippen LogP contribution in [0.2, 0.25) is 0 Å². The van der Waals surface area contributed by atoms with Crippen LogP contribution in [0.25, 0.3) is 0 Å². The Labute approximate surface area is 87.0 Å². The van der Waals surface area contributed by atoms with Crippen LogP contribution in [0.4, 0.5) is 5.69 Å². The Balaban J connectivity index is 2.45. The Morgan fingerprint density at radius 3 is 3.00 bits per heavy atom. The summed E-state index contributed by atoms with van der Waals surface area (Å²) in [7, 11) is 0. The number of hydrogen-bond donors (Lipinski definition) is 1. The van der Waals surface area contributed by atoms with Crippen LogP contribution in [0.15, 0.2) is 34.9 Å². The maximum absolute atomic E-state index is 3.98. The molecule has 0 bridgehead atoms. The minimum Gasteiger partial charge on any atom is -0.359 e. The van der Waals surface area contributed by atoms with Gasteiger partial charge in [0.1, 0.15) is 0 Å². The number of hydrogen-bond acceptors (Lipinski definition) is 1. The van der Waals surface area contributed by atoms with Gasteiger partial charge in [0.05, 0.1) is 0 Å². The zero-order chi connectivity index (χ0) is 9.26. The third-order valence-electron chi connectivity index (χ3n) is 2.34. The van der Waals surface area contributed by atoms with Gasteiger partial charge in [0.2, 0.25) is 0 Å². The molecule has 0 aromatic heterocycles. The van der Waals surface area contributed by atoms with Gasteiger partial charge in [-0.05, 0) is 37.0 Å². The molecule has 0 unspecified atom stereocenters. The van der Waals surface area contributed by atoms with E-state index in [9.17, 15) is 0 Å². The van der Waals surface area contributed by atoms with Crippen molar-refractivity contribution in [3.8, 4) is 0 Å². The summed E-state index contributed by atoms with van der Waals surface area (Å²) >= 11 is 3.57. The highest BCUT2D eigenvalue weighted by Crippen LogP contribution is 2.30. The zero-order valence-corrected chi connectivity index (χ0v) is 9.02. The SMILES string of the molecule is C=C1CCCc2c(Br)cccc2N1. The standard InChI is InChI=1S/C11H12BrN/c1-8-4-2-5-9-10(12)6-3-7-11(9)13-8/h3,6-7,13H,1-2,4-5H2. The van der Waals surface area contributed by atoms with E-state index in [2.05, 4.69) is 46.0 Å². The predicted molar refractivity (Wildman–Crippen MR) is 59.8 cm³/mol. The quantitative estimate of drug-likeness (QED) is 0.726. The van der Waals surface area contributed by atoms with E-state index in [1.165, 1.54) is 22.1 Å². The maximum Gasteiger partial charge on any atom is 0.0425 e. The fourth-order valence-corrected chi connectivity index (χ4v) is 2.23. The van der Waals surface area contributed by atoms with Crippen LogP contribution in [-0.4, -0.2) is 0 Å². The van der Waals surface area contributed by atoms with E-state index in [0.717, 1.165) is 18.5 Å². The molecule has 0 aliphatic carbocycles. The normalized spacial score (nSPS) is 15.9. The first kappa shape index (κ1) is 8.82. The van der Waals surface area contributed by atoms with E-state index in [1.807, 2.05) is 0 Å². The topological polar surface area (TPSA) is 12.0 Å². The summed E-state index contributed by atoms with van der Waals surface area (Å²) in [6.45, 7) is 3.98. The Kier molecular flexibility index (Phi) is 2.40. The van der Waals surface area contributed by atoms with Gasteiger partial charge in [-0.3, -0.25) is 0 Å². The van der Waals surface area contributed by atoms with Crippen molar-refractivity contribution in [3.05, 3.63) is 40.5 Å². The summed E-state index contributed by atoms with van der Waals surface area (Å²) in [6.07, 6.45) is 3.38. The van der Waals surface area contributed by atoms with Crippen LogP contribution in [0.3, 0.4) is 0 Å². The molecule has 1 nitrogen and oxygen atoms in total. The number of benzene rings is 1. The number of allylic oxidation sites excluding steroid dienone is 1. The first-order chi connectivity index (χ1) is 6.27. The van der Waals surface area contributed by atoms with Crippen molar-refractivity contribution in [2.24, 2.45) is 0 Å². The monoisotopic (exact) mass is 237 g/mol. The van der Waals surface area contributed by atoms with Gasteiger partial charge >= 0.3 is 0 Å². The molecule has 1 aromatic carbocycles. The summed E-state index contributed by atoms with van der Waals surface area (Å²) in [6, 6.07) is 6.25. The molecule has 2 rings (SSSR count). The van der Waals surface area contributed by atoms with E-state index in [-0.39, 0.29) is 0 Å². The van der Waals surface area contributed by atoms with Crippen molar-refractivity contribution in [2.75, 3.05) is 5.32 Å². The van der Waals surface area contributed by atoms with Gasteiger partial charge in [-0.25, -0.2) is 0 Å². The molecule has 1 N–H and O–H groups in total. The van der Waals surface area contributed by atoms with Crippen molar-refractivity contribution < 1.29 is 0 Å². The Hall–Kier alpha value is -0.760. The van der Waals surface area contributed by atoms with Crippen LogP contribution < -0.4 is 5.32 Å². The lowest BCUT2D eigenvalue weighted by Gasteiger charge is -2.09. The van der Waals surface area contributed by atoms with Crippen LogP contribution in [0.5, 0.6) is 0 Å². The maximum atomic E-state index is 3.98. The number of rotatable bonds is 0. The van der Waals surface area contributed by atoms with Crippen molar-refractivity contribution in [2.45, 2.75) is 19.3 Å². The molecule has 0 saturated carbocycles. The molecule has 0 fully saturated rings. The van der Waals surface area contributed by atoms with Crippen molar-refractivity contribution in [3.63, 3.8) is 0 Å². The molecular weight excluding hydrogens is 226 g/mol. The Bertz CT molecular complexity index is 344. The van der Waals surface area contributed by atoms with Crippen LogP contribution in [0, 0.1) is 0 Å². The highest BCUT2D eigenvalue weighted by Gasteiger charge is 2.10. The van der Waals surface area contributed by atoms with Crippen molar-refractivity contribution in [1.29, 1.82) is 0 Å². The number of fused-ring (bicyclic) bond motifs is 1. The van der Waals surface area contributed by atoms with Gasteiger partial charge in [0.25, 0.3) is 0 Å². The molecule has 13 heavy (non-hydrogen) atoms. The van der Waals surface area contributed by atoms with Gasteiger partial charge in [-0.1, -0.05) is 28.6 Å². The largest absolute Gasteiger partial charge is 0.359 e. The molecule has 0 spiro atoms. The molecule has 0 amide bonds. The number of nitrogens with one attached hydrogen (secondary N) is 1. The highest BCUT2D eigenvalue weighted by molar-refractivity contribution is 9.10. The zero-order valence-electron chi connectivity index (χ0n) is 7.44. The Morgan fingerprint density at radius 2 is 2.15 bits per heavy atom. The van der Waals surface area contributed by atoms with Crippen LogP contribution >= 0.6 is 15.9 Å². The molecule has 1 heterocycles. The molecule has 0 saturated heterocycles. The fourth-order valence-electron chi connectivity index (χ4n) is 1.66. The minimum atomic E-state index is 1.07. The summed E-state index contributed by atoms with van der Waals surface area (Å²) in [5, 5.41) is 3.34. The van der Waals surface area contributed by atoms with Crippen LogP contribution in [0.1, 0.15) is 18.4 Å². The lowest BCUT2D eigenvalue weighted by atomic mass is 10.1. The molecular formula is C11H12BrN. The van der Waals surface area contributed by atoms with Crippen molar-refractivity contribution >= 4 is 21.6 Å². The fraction of sp³-hybridized carbons (Fsp3) is 0.273. The molecule has 1 aliphatic heterocycles. The lowest BCUT2D eigenvalue weighted by Crippen LogP contribution is -1.96. The van der Waals surface area contributed by atoms with Gasteiger partial charge in [0.15, 0.2) is 0 Å². The average Bonchev–Trinajstić information content (AvgIpc) is 2.27. The third-order valence-corrected chi connectivity index (χ3v) is 3.08.